The molecule has 0 aromatic heterocycles. The third-order valence-electron chi connectivity index (χ3n) is 5.29. The van der Waals surface area contributed by atoms with Crippen LogP contribution in [0, 0.1) is 0 Å². The fraction of sp³-hybridized carbons (Fsp3) is 0.882. The molecule has 3 heteroatoms. The minimum Gasteiger partial charge on any atom is -0.320 e. The quantitative estimate of drug-likeness (QED) is 0.531. The first-order chi connectivity index (χ1) is 9.37. The second-order valence-electron chi connectivity index (χ2n) is 7.21. The molecule has 1 fully saturated rings. The highest BCUT2D eigenvalue weighted by atomic mass is 28.3. The summed E-state index contributed by atoms with van der Waals surface area (Å²) in [5.41, 5.74) is 2.51. The van der Waals surface area contributed by atoms with E-state index in [4.69, 9.17) is 0 Å². The molecule has 0 aliphatic carbocycles. The third-order valence-corrected chi connectivity index (χ3v) is 12.4. The summed E-state index contributed by atoms with van der Waals surface area (Å²) in [7, 11) is -1.40. The van der Waals surface area contributed by atoms with Crippen molar-refractivity contribution in [1.29, 1.82) is 0 Å². The van der Waals surface area contributed by atoms with Crippen molar-refractivity contribution in [1.82, 2.24) is 9.47 Å². The second-order valence-corrected chi connectivity index (χ2v) is 13.1. The van der Waals surface area contributed by atoms with Crippen LogP contribution in [0.3, 0.4) is 0 Å². The van der Waals surface area contributed by atoms with E-state index in [-0.39, 0.29) is 0 Å². The SMILES string of the molecule is CC=CCN1CCN([Si](C(C)C)(C(C)C)C(C)C)CC1. The molecule has 2 nitrogen and oxygen atoms in total. The molecule has 118 valence electrons. The Balaban J connectivity index is 2.81. The highest BCUT2D eigenvalue weighted by Crippen LogP contribution is 2.44. The summed E-state index contributed by atoms with van der Waals surface area (Å²) in [6.07, 6.45) is 4.45. The molecular weight excluding hydrogens is 260 g/mol. The van der Waals surface area contributed by atoms with Crippen molar-refractivity contribution in [2.24, 2.45) is 0 Å². The van der Waals surface area contributed by atoms with Crippen LogP contribution < -0.4 is 0 Å². The summed E-state index contributed by atoms with van der Waals surface area (Å²) in [6.45, 7) is 23.1. The van der Waals surface area contributed by atoms with Crippen molar-refractivity contribution in [3.63, 3.8) is 0 Å². The van der Waals surface area contributed by atoms with Crippen LogP contribution >= 0.6 is 0 Å². The number of piperazine rings is 1. The highest BCUT2D eigenvalue weighted by Gasteiger charge is 2.48. The Morgan fingerprint density at radius 2 is 1.30 bits per heavy atom. The Morgan fingerprint density at radius 1 is 0.850 bits per heavy atom. The minimum atomic E-state index is -1.40. The van der Waals surface area contributed by atoms with Crippen molar-refractivity contribution in [2.45, 2.75) is 65.1 Å². The molecule has 0 spiro atoms. The molecule has 0 aromatic carbocycles. The Kier molecular flexibility index (Phi) is 6.96. The molecule has 1 heterocycles. The van der Waals surface area contributed by atoms with E-state index in [1.807, 2.05) is 0 Å². The van der Waals surface area contributed by atoms with Gasteiger partial charge in [-0.15, -0.1) is 0 Å². The largest absolute Gasteiger partial charge is 0.320 e. The van der Waals surface area contributed by atoms with Gasteiger partial charge in [0.25, 0.3) is 0 Å². The molecular formula is C17H36N2Si. The number of hydrogen-bond donors (Lipinski definition) is 0. The van der Waals surface area contributed by atoms with E-state index in [0.717, 1.165) is 23.2 Å². The molecule has 1 saturated heterocycles. The lowest BCUT2D eigenvalue weighted by Crippen LogP contribution is -2.64. The van der Waals surface area contributed by atoms with Crippen LogP contribution in [0.15, 0.2) is 12.2 Å². The standard InChI is InChI=1S/C17H36N2Si/c1-8-9-10-18-11-13-19(14-12-18)20(15(2)3,16(4)5)17(6)7/h8-9,15-17H,10-14H2,1-7H3. The smallest absolute Gasteiger partial charge is 0.136 e. The van der Waals surface area contributed by atoms with Crippen LogP contribution in [-0.4, -0.2) is 50.4 Å². The van der Waals surface area contributed by atoms with Crippen LogP contribution in [0.5, 0.6) is 0 Å². The average molecular weight is 297 g/mol. The third kappa shape index (κ3) is 3.55. The van der Waals surface area contributed by atoms with Gasteiger partial charge in [0.2, 0.25) is 0 Å². The van der Waals surface area contributed by atoms with Crippen molar-refractivity contribution in [2.75, 3.05) is 32.7 Å². The van der Waals surface area contributed by atoms with E-state index in [9.17, 15) is 0 Å². The van der Waals surface area contributed by atoms with Gasteiger partial charge in [0.15, 0.2) is 0 Å². The Bertz CT molecular complexity index is 280. The molecule has 1 aliphatic heterocycles. The van der Waals surface area contributed by atoms with E-state index in [1.165, 1.54) is 26.2 Å². The van der Waals surface area contributed by atoms with Crippen LogP contribution in [0.1, 0.15) is 48.5 Å². The molecule has 0 bridgehead atoms. The van der Waals surface area contributed by atoms with Gasteiger partial charge >= 0.3 is 0 Å². The number of nitrogens with zero attached hydrogens (tertiary/aromatic N) is 2. The van der Waals surface area contributed by atoms with Gasteiger partial charge < -0.3 is 4.57 Å². The molecule has 0 atom stereocenters. The maximum atomic E-state index is 2.93. The Labute approximate surface area is 128 Å². The zero-order valence-electron chi connectivity index (χ0n) is 14.8. The lowest BCUT2D eigenvalue weighted by Gasteiger charge is -2.53. The first-order valence-electron chi connectivity index (χ1n) is 8.45. The topological polar surface area (TPSA) is 6.48 Å². The summed E-state index contributed by atoms with van der Waals surface area (Å²) in [6, 6.07) is 0. The van der Waals surface area contributed by atoms with Crippen molar-refractivity contribution >= 4 is 8.24 Å². The molecule has 0 amide bonds. The fourth-order valence-electron chi connectivity index (χ4n) is 4.67. The summed E-state index contributed by atoms with van der Waals surface area (Å²) < 4.78 is 2.93. The van der Waals surface area contributed by atoms with Crippen LogP contribution in [0.4, 0.5) is 0 Å². The lowest BCUT2D eigenvalue weighted by molar-refractivity contribution is 0.192. The number of hydrogen-bond acceptors (Lipinski definition) is 2. The molecule has 0 N–H and O–H groups in total. The van der Waals surface area contributed by atoms with Crippen LogP contribution in [-0.2, 0) is 0 Å². The molecule has 1 aliphatic rings. The molecule has 0 aromatic rings. The summed E-state index contributed by atoms with van der Waals surface area (Å²) in [4.78, 5) is 2.59. The lowest BCUT2D eigenvalue weighted by atomic mass is 10.3. The molecule has 20 heavy (non-hydrogen) atoms. The van der Waals surface area contributed by atoms with E-state index in [2.05, 4.69) is 70.1 Å². The monoisotopic (exact) mass is 296 g/mol. The zero-order valence-corrected chi connectivity index (χ0v) is 15.8. The maximum absolute atomic E-state index is 2.93. The van der Waals surface area contributed by atoms with E-state index >= 15 is 0 Å². The van der Waals surface area contributed by atoms with Crippen LogP contribution in [0.25, 0.3) is 0 Å². The number of rotatable bonds is 6. The Morgan fingerprint density at radius 3 is 1.65 bits per heavy atom. The van der Waals surface area contributed by atoms with Gasteiger partial charge in [-0.05, 0) is 23.5 Å². The van der Waals surface area contributed by atoms with Gasteiger partial charge in [0.1, 0.15) is 8.24 Å². The Hall–Kier alpha value is -0.123. The summed E-state index contributed by atoms with van der Waals surface area (Å²) in [5, 5.41) is 0. The van der Waals surface area contributed by atoms with E-state index in [1.54, 1.807) is 0 Å². The predicted molar refractivity (Wildman–Crippen MR) is 93.9 cm³/mol. The normalized spacial score (nSPS) is 19.9. The first kappa shape index (κ1) is 17.9. The maximum Gasteiger partial charge on any atom is 0.136 e. The van der Waals surface area contributed by atoms with Gasteiger partial charge in [-0.2, -0.15) is 0 Å². The average Bonchev–Trinajstić information content (AvgIpc) is 2.37. The summed E-state index contributed by atoms with van der Waals surface area (Å²) >= 11 is 0. The van der Waals surface area contributed by atoms with E-state index in [0.29, 0.717) is 0 Å². The van der Waals surface area contributed by atoms with Crippen molar-refractivity contribution < 1.29 is 0 Å². The highest BCUT2D eigenvalue weighted by molar-refractivity contribution is 6.81. The molecule has 0 radical (unpaired) electrons. The van der Waals surface area contributed by atoms with Gasteiger partial charge in [-0.1, -0.05) is 53.7 Å². The minimum absolute atomic E-state index is 0.838. The summed E-state index contributed by atoms with van der Waals surface area (Å²) in [5.74, 6) is 0. The fourth-order valence-corrected chi connectivity index (χ4v) is 11.8. The first-order valence-corrected chi connectivity index (χ1v) is 10.6. The van der Waals surface area contributed by atoms with Gasteiger partial charge in [0, 0.05) is 32.7 Å². The van der Waals surface area contributed by atoms with Gasteiger partial charge in [-0.3, -0.25) is 4.90 Å². The van der Waals surface area contributed by atoms with Crippen LogP contribution in [0.2, 0.25) is 16.6 Å². The van der Waals surface area contributed by atoms with Gasteiger partial charge in [0.05, 0.1) is 0 Å². The molecule has 0 saturated carbocycles. The predicted octanol–water partition coefficient (Wildman–Crippen LogP) is 4.36. The van der Waals surface area contributed by atoms with Crippen molar-refractivity contribution in [3.05, 3.63) is 12.2 Å². The zero-order chi connectivity index (χ0) is 15.3. The second kappa shape index (κ2) is 7.76. The molecule has 1 rings (SSSR count). The molecule has 0 unspecified atom stereocenters. The van der Waals surface area contributed by atoms with Gasteiger partial charge in [-0.25, -0.2) is 0 Å². The van der Waals surface area contributed by atoms with Crippen molar-refractivity contribution in [3.8, 4) is 0 Å². The van der Waals surface area contributed by atoms with E-state index < -0.39 is 8.24 Å². The number of allylic oxidation sites excluding steroid dienone is 1.